The first-order valence-corrected chi connectivity index (χ1v) is 21.4. The summed E-state index contributed by atoms with van der Waals surface area (Å²) in [5.41, 5.74) is 11.5. The number of hydrogen-bond donors (Lipinski definition) is 0. The second kappa shape index (κ2) is 14.2. The number of rotatable bonds is 6. The van der Waals surface area contributed by atoms with Crippen LogP contribution in [0.5, 0.6) is 23.0 Å². The van der Waals surface area contributed by atoms with Gasteiger partial charge in [-0.1, -0.05) is 60.7 Å². The third kappa shape index (κ3) is 5.83. The first-order valence-electron chi connectivity index (χ1n) is 20.2. The van der Waals surface area contributed by atoms with E-state index >= 15 is 0 Å². The summed E-state index contributed by atoms with van der Waals surface area (Å²) < 4.78 is 14.9. The molecule has 0 radical (unpaired) electrons. The van der Waals surface area contributed by atoms with Gasteiger partial charge in [-0.15, -0.1) is 11.8 Å². The minimum atomic E-state index is 0.803. The van der Waals surface area contributed by atoms with Crippen molar-refractivity contribution in [3.8, 4) is 50.9 Å². The maximum absolute atomic E-state index is 6.25. The van der Waals surface area contributed by atoms with Gasteiger partial charge in [-0.25, -0.2) is 9.97 Å². The van der Waals surface area contributed by atoms with Crippen molar-refractivity contribution in [2.24, 2.45) is 0 Å². The number of nitrogens with zero attached hydrogens (tertiary/aromatic N) is 5. The Kier molecular flexibility index (Phi) is 8.18. The molecule has 0 fully saturated rings. The van der Waals surface area contributed by atoms with Crippen molar-refractivity contribution in [3.05, 3.63) is 194 Å². The number of para-hydroxylation sites is 8. The van der Waals surface area contributed by atoms with Crippen molar-refractivity contribution < 1.29 is 9.47 Å². The fourth-order valence-electron chi connectivity index (χ4n) is 8.67. The predicted octanol–water partition coefficient (Wildman–Crippen LogP) is 14.8. The molecule has 0 bridgehead atoms. The molecule has 0 saturated carbocycles. The van der Waals surface area contributed by atoms with Gasteiger partial charge < -0.3 is 14.0 Å². The molecular formula is C53H35N5O2S. The van der Waals surface area contributed by atoms with E-state index in [0.717, 1.165) is 107 Å². The summed E-state index contributed by atoms with van der Waals surface area (Å²) in [5.74, 6) is 4.86. The second-order valence-corrected chi connectivity index (χ2v) is 15.9. The molecule has 0 atom stereocenters. The molecule has 2 aliphatic heterocycles. The average Bonchev–Trinajstić information content (AvgIpc) is 3.65. The van der Waals surface area contributed by atoms with Gasteiger partial charge in [0.1, 0.15) is 11.6 Å². The largest absolute Gasteiger partial charge is 0.453 e. The lowest BCUT2D eigenvalue weighted by atomic mass is 10.0. The summed E-state index contributed by atoms with van der Waals surface area (Å²) >= 11 is 1.75. The maximum atomic E-state index is 6.25. The Balaban J connectivity index is 0.947. The highest BCUT2D eigenvalue weighted by molar-refractivity contribution is 7.98. The van der Waals surface area contributed by atoms with E-state index in [-0.39, 0.29) is 0 Å². The first-order chi connectivity index (χ1) is 30.2. The third-order valence-corrected chi connectivity index (χ3v) is 12.3. The van der Waals surface area contributed by atoms with Crippen molar-refractivity contribution in [2.45, 2.75) is 4.90 Å². The Morgan fingerprint density at radius 3 is 1.18 bits per heavy atom. The molecule has 0 amide bonds. The highest BCUT2D eigenvalue weighted by Crippen LogP contribution is 2.51. The van der Waals surface area contributed by atoms with Gasteiger partial charge in [0.05, 0.1) is 33.8 Å². The SMILES string of the molecule is CSc1ccc(-n2c3ccc(-c4ccc(N5c6ccccc6Oc6ccccc65)nc4)cc3c3cc(-c4ccc(N5c6ccccc6Oc6ccccc65)nc4)ccc32)cc1. The van der Waals surface area contributed by atoms with Gasteiger partial charge in [0.25, 0.3) is 0 Å². The minimum Gasteiger partial charge on any atom is -0.453 e. The maximum Gasteiger partial charge on any atom is 0.151 e. The van der Waals surface area contributed by atoms with Crippen LogP contribution in [0, 0.1) is 0 Å². The fraction of sp³-hybridized carbons (Fsp3) is 0.0189. The fourth-order valence-corrected chi connectivity index (χ4v) is 9.08. The topological polar surface area (TPSA) is 55.7 Å². The smallest absolute Gasteiger partial charge is 0.151 e. The van der Waals surface area contributed by atoms with Crippen LogP contribution in [-0.4, -0.2) is 20.8 Å². The van der Waals surface area contributed by atoms with E-state index in [2.05, 4.69) is 130 Å². The Labute approximate surface area is 356 Å². The number of pyridine rings is 2. The lowest BCUT2D eigenvalue weighted by Crippen LogP contribution is -2.16. The molecule has 2 aliphatic rings. The van der Waals surface area contributed by atoms with Gasteiger partial charge >= 0.3 is 0 Å². The van der Waals surface area contributed by atoms with Crippen molar-refractivity contribution in [2.75, 3.05) is 16.1 Å². The number of ether oxygens (including phenoxy) is 2. The molecular weight excluding hydrogens is 771 g/mol. The van der Waals surface area contributed by atoms with Crippen LogP contribution in [0.2, 0.25) is 0 Å². The molecule has 290 valence electrons. The van der Waals surface area contributed by atoms with E-state index in [1.165, 1.54) is 4.90 Å². The molecule has 0 N–H and O–H groups in total. The minimum absolute atomic E-state index is 0.803. The monoisotopic (exact) mass is 805 g/mol. The molecule has 3 aromatic heterocycles. The molecule has 61 heavy (non-hydrogen) atoms. The van der Waals surface area contributed by atoms with E-state index in [0.29, 0.717) is 0 Å². The van der Waals surface area contributed by atoms with Gasteiger partial charge in [-0.05, 0) is 139 Å². The molecule has 12 rings (SSSR count). The van der Waals surface area contributed by atoms with Gasteiger partial charge in [-0.2, -0.15) is 0 Å². The predicted molar refractivity (Wildman–Crippen MR) is 249 cm³/mol. The Morgan fingerprint density at radius 2 is 0.803 bits per heavy atom. The van der Waals surface area contributed by atoms with E-state index in [4.69, 9.17) is 19.4 Å². The van der Waals surface area contributed by atoms with Crippen molar-refractivity contribution in [1.82, 2.24) is 14.5 Å². The van der Waals surface area contributed by atoms with Gasteiger partial charge in [0.15, 0.2) is 23.0 Å². The lowest BCUT2D eigenvalue weighted by molar-refractivity contribution is 0.476. The highest BCUT2D eigenvalue weighted by atomic mass is 32.2. The molecule has 7 nitrogen and oxygen atoms in total. The molecule has 8 heteroatoms. The first kappa shape index (κ1) is 35.2. The zero-order valence-electron chi connectivity index (χ0n) is 32.9. The van der Waals surface area contributed by atoms with Crippen LogP contribution in [0.1, 0.15) is 0 Å². The van der Waals surface area contributed by atoms with E-state index in [1.54, 1.807) is 11.8 Å². The summed E-state index contributed by atoms with van der Waals surface area (Å²) in [4.78, 5) is 15.7. The van der Waals surface area contributed by atoms with Crippen LogP contribution in [0.4, 0.5) is 34.4 Å². The second-order valence-electron chi connectivity index (χ2n) is 15.1. The number of thioether (sulfide) groups is 1. The third-order valence-electron chi connectivity index (χ3n) is 11.6. The average molecular weight is 806 g/mol. The Bertz CT molecular complexity index is 3020. The Hall–Kier alpha value is -7.81. The van der Waals surface area contributed by atoms with Gasteiger partial charge in [-0.3, -0.25) is 9.80 Å². The van der Waals surface area contributed by atoms with Crippen LogP contribution in [0.15, 0.2) is 199 Å². The molecule has 5 heterocycles. The van der Waals surface area contributed by atoms with Crippen molar-refractivity contribution in [1.29, 1.82) is 0 Å². The molecule has 0 aliphatic carbocycles. The summed E-state index contributed by atoms with van der Waals surface area (Å²) in [6, 6.07) is 63.2. The van der Waals surface area contributed by atoms with Crippen molar-refractivity contribution >= 4 is 68.0 Å². The zero-order chi connectivity index (χ0) is 40.4. The van der Waals surface area contributed by atoms with Crippen LogP contribution < -0.4 is 19.3 Å². The lowest BCUT2D eigenvalue weighted by Gasteiger charge is -2.31. The van der Waals surface area contributed by atoms with E-state index in [9.17, 15) is 0 Å². The quantitative estimate of drug-likeness (QED) is 0.155. The molecule has 0 spiro atoms. The number of hydrogen-bond acceptors (Lipinski definition) is 7. The van der Waals surface area contributed by atoms with Crippen molar-refractivity contribution in [3.63, 3.8) is 0 Å². The molecule has 0 saturated heterocycles. The van der Waals surface area contributed by atoms with Gasteiger partial charge in [0, 0.05) is 44.9 Å². The molecule has 10 aromatic rings. The van der Waals surface area contributed by atoms with E-state index in [1.807, 2.05) is 85.2 Å². The van der Waals surface area contributed by atoms with Crippen LogP contribution in [0.3, 0.4) is 0 Å². The summed E-state index contributed by atoms with van der Waals surface area (Å²) in [5, 5.41) is 2.32. The number of benzene rings is 7. The summed E-state index contributed by atoms with van der Waals surface area (Å²) in [7, 11) is 0. The molecule has 0 unspecified atom stereocenters. The number of aromatic nitrogens is 3. The highest BCUT2D eigenvalue weighted by Gasteiger charge is 2.28. The normalized spacial score (nSPS) is 12.6. The van der Waals surface area contributed by atoms with Crippen LogP contribution in [-0.2, 0) is 0 Å². The number of fused-ring (bicyclic) bond motifs is 7. The zero-order valence-corrected chi connectivity index (χ0v) is 33.8. The summed E-state index contributed by atoms with van der Waals surface area (Å²) in [6.07, 6.45) is 6.06. The molecule has 7 aromatic carbocycles. The van der Waals surface area contributed by atoms with E-state index < -0.39 is 0 Å². The van der Waals surface area contributed by atoms with Crippen LogP contribution >= 0.6 is 11.8 Å². The Morgan fingerprint density at radius 1 is 0.410 bits per heavy atom. The summed E-state index contributed by atoms with van der Waals surface area (Å²) in [6.45, 7) is 0. The van der Waals surface area contributed by atoms with Crippen LogP contribution in [0.25, 0.3) is 49.7 Å². The van der Waals surface area contributed by atoms with Gasteiger partial charge in [0.2, 0.25) is 0 Å². The number of anilines is 6. The standard InChI is InChI=1S/C53H35N5O2S/c1-61-39-24-22-38(23-25-39)56-42-26-18-34(36-20-28-52(54-32-36)57-44-10-2-6-14-48(44)59-49-15-7-3-11-45(49)57)30-40(42)41-31-35(19-27-43(41)56)37-21-29-53(55-33-37)58-46-12-4-8-16-50(46)60-51-17-9-5-13-47(51)58/h2-33H,1H3.